The SMILES string of the molecule is CCC(NCc1ccc(F)cc1)c1ccc(OCC2CCCO2)cc1. The third-order valence-corrected chi connectivity index (χ3v) is 4.62. The highest BCUT2D eigenvalue weighted by molar-refractivity contribution is 5.29. The molecule has 1 heterocycles. The molecule has 1 N–H and O–H groups in total. The Morgan fingerprint density at radius 3 is 2.56 bits per heavy atom. The maximum absolute atomic E-state index is 13.0. The van der Waals surface area contributed by atoms with Gasteiger partial charge in [-0.05, 0) is 54.7 Å². The van der Waals surface area contributed by atoms with Crippen molar-refractivity contribution < 1.29 is 13.9 Å². The van der Waals surface area contributed by atoms with Gasteiger partial charge in [-0.2, -0.15) is 0 Å². The van der Waals surface area contributed by atoms with Crippen LogP contribution >= 0.6 is 0 Å². The fourth-order valence-electron chi connectivity index (χ4n) is 3.10. The van der Waals surface area contributed by atoms with Crippen molar-refractivity contribution in [3.8, 4) is 5.75 Å². The van der Waals surface area contributed by atoms with Gasteiger partial charge in [0.05, 0.1) is 6.10 Å². The van der Waals surface area contributed by atoms with Crippen LogP contribution in [0, 0.1) is 5.82 Å². The molecule has 2 aromatic rings. The largest absolute Gasteiger partial charge is 0.491 e. The minimum atomic E-state index is -0.200. The van der Waals surface area contributed by atoms with E-state index >= 15 is 0 Å². The quantitative estimate of drug-likeness (QED) is 0.758. The number of ether oxygens (including phenoxy) is 2. The zero-order valence-corrected chi connectivity index (χ0v) is 14.7. The van der Waals surface area contributed by atoms with Gasteiger partial charge in [0.25, 0.3) is 0 Å². The molecule has 3 rings (SSSR count). The lowest BCUT2D eigenvalue weighted by Crippen LogP contribution is -2.20. The summed E-state index contributed by atoms with van der Waals surface area (Å²) in [5.74, 6) is 0.682. The molecular weight excluding hydrogens is 317 g/mol. The summed E-state index contributed by atoms with van der Waals surface area (Å²) in [6.45, 7) is 4.35. The van der Waals surface area contributed by atoms with E-state index in [1.807, 2.05) is 24.3 Å². The van der Waals surface area contributed by atoms with Crippen molar-refractivity contribution in [2.75, 3.05) is 13.2 Å². The Labute approximate surface area is 149 Å². The number of benzene rings is 2. The van der Waals surface area contributed by atoms with Gasteiger partial charge in [-0.25, -0.2) is 4.39 Å². The number of hydrogen-bond donors (Lipinski definition) is 1. The molecule has 1 fully saturated rings. The zero-order chi connectivity index (χ0) is 17.5. The summed E-state index contributed by atoms with van der Waals surface area (Å²) in [6, 6.07) is 15.1. The van der Waals surface area contributed by atoms with Crippen molar-refractivity contribution in [1.82, 2.24) is 5.32 Å². The number of nitrogens with one attached hydrogen (secondary N) is 1. The topological polar surface area (TPSA) is 30.5 Å². The molecule has 2 aromatic carbocycles. The van der Waals surface area contributed by atoms with Crippen LogP contribution in [0.2, 0.25) is 0 Å². The lowest BCUT2D eigenvalue weighted by Gasteiger charge is -2.18. The number of halogens is 1. The third kappa shape index (κ3) is 5.28. The lowest BCUT2D eigenvalue weighted by molar-refractivity contribution is 0.0679. The minimum absolute atomic E-state index is 0.200. The van der Waals surface area contributed by atoms with E-state index in [9.17, 15) is 4.39 Å². The maximum atomic E-state index is 13.0. The Hall–Kier alpha value is -1.91. The highest BCUT2D eigenvalue weighted by atomic mass is 19.1. The van der Waals surface area contributed by atoms with Gasteiger partial charge in [0.1, 0.15) is 18.2 Å². The minimum Gasteiger partial charge on any atom is -0.491 e. The monoisotopic (exact) mass is 343 g/mol. The fraction of sp³-hybridized carbons (Fsp3) is 0.429. The van der Waals surface area contributed by atoms with Gasteiger partial charge in [-0.3, -0.25) is 0 Å². The van der Waals surface area contributed by atoms with E-state index in [2.05, 4.69) is 24.4 Å². The van der Waals surface area contributed by atoms with Crippen LogP contribution in [-0.4, -0.2) is 19.3 Å². The number of hydrogen-bond acceptors (Lipinski definition) is 3. The molecule has 3 nitrogen and oxygen atoms in total. The maximum Gasteiger partial charge on any atom is 0.123 e. The molecule has 2 atom stereocenters. The van der Waals surface area contributed by atoms with Crippen LogP contribution in [-0.2, 0) is 11.3 Å². The fourth-order valence-corrected chi connectivity index (χ4v) is 3.10. The van der Waals surface area contributed by atoms with Gasteiger partial charge in [0, 0.05) is 19.2 Å². The van der Waals surface area contributed by atoms with Gasteiger partial charge in [0.2, 0.25) is 0 Å². The van der Waals surface area contributed by atoms with Crippen LogP contribution < -0.4 is 10.1 Å². The number of rotatable bonds is 8. The highest BCUT2D eigenvalue weighted by Gasteiger charge is 2.16. The first-order valence-corrected chi connectivity index (χ1v) is 9.07. The van der Waals surface area contributed by atoms with E-state index in [1.54, 1.807) is 0 Å². The predicted molar refractivity (Wildman–Crippen MR) is 97.2 cm³/mol. The standard InChI is InChI=1S/C21H26FNO2/c1-2-21(23-14-16-5-9-18(22)10-6-16)17-7-11-19(12-8-17)25-15-20-4-3-13-24-20/h5-12,20-21,23H,2-4,13-15H2,1H3. The average Bonchev–Trinajstić information content (AvgIpc) is 3.16. The van der Waals surface area contributed by atoms with Gasteiger partial charge < -0.3 is 14.8 Å². The molecule has 25 heavy (non-hydrogen) atoms. The highest BCUT2D eigenvalue weighted by Crippen LogP contribution is 2.22. The van der Waals surface area contributed by atoms with Crippen LogP contribution in [0.15, 0.2) is 48.5 Å². The third-order valence-electron chi connectivity index (χ3n) is 4.62. The molecule has 0 saturated carbocycles. The molecule has 134 valence electrons. The van der Waals surface area contributed by atoms with Crippen molar-refractivity contribution in [2.24, 2.45) is 0 Å². The predicted octanol–water partition coefficient (Wildman–Crippen LogP) is 4.62. The van der Waals surface area contributed by atoms with Crippen LogP contribution in [0.25, 0.3) is 0 Å². The zero-order valence-electron chi connectivity index (χ0n) is 14.7. The Morgan fingerprint density at radius 1 is 1.16 bits per heavy atom. The summed E-state index contributed by atoms with van der Waals surface area (Å²) in [4.78, 5) is 0. The molecule has 0 amide bonds. The molecule has 1 saturated heterocycles. The summed E-state index contributed by atoms with van der Waals surface area (Å²) in [7, 11) is 0. The summed E-state index contributed by atoms with van der Waals surface area (Å²) < 4.78 is 24.4. The van der Waals surface area contributed by atoms with E-state index in [1.165, 1.54) is 17.7 Å². The molecule has 1 aliphatic rings. The van der Waals surface area contributed by atoms with Crippen molar-refractivity contribution in [1.29, 1.82) is 0 Å². The van der Waals surface area contributed by atoms with Crippen LogP contribution in [0.5, 0.6) is 5.75 Å². The van der Waals surface area contributed by atoms with Crippen molar-refractivity contribution in [2.45, 2.75) is 44.9 Å². The molecule has 2 unspecified atom stereocenters. The molecular formula is C21H26FNO2. The van der Waals surface area contributed by atoms with E-state index in [-0.39, 0.29) is 18.0 Å². The van der Waals surface area contributed by atoms with Gasteiger partial charge >= 0.3 is 0 Å². The van der Waals surface area contributed by atoms with E-state index in [0.29, 0.717) is 6.61 Å². The average molecular weight is 343 g/mol. The summed E-state index contributed by atoms with van der Waals surface area (Å²) in [6.07, 6.45) is 3.44. The van der Waals surface area contributed by atoms with Crippen LogP contribution in [0.1, 0.15) is 43.4 Å². The smallest absolute Gasteiger partial charge is 0.123 e. The Morgan fingerprint density at radius 2 is 1.92 bits per heavy atom. The van der Waals surface area contributed by atoms with Gasteiger partial charge in [-0.1, -0.05) is 31.2 Å². The molecule has 0 spiro atoms. The second-order valence-corrected chi connectivity index (χ2v) is 6.48. The van der Waals surface area contributed by atoms with E-state index < -0.39 is 0 Å². The van der Waals surface area contributed by atoms with E-state index in [4.69, 9.17) is 9.47 Å². The summed E-state index contributed by atoms with van der Waals surface area (Å²) in [5, 5.41) is 3.53. The van der Waals surface area contributed by atoms with Crippen LogP contribution in [0.3, 0.4) is 0 Å². The molecule has 0 bridgehead atoms. The molecule has 0 aliphatic carbocycles. The Balaban J connectivity index is 1.52. The van der Waals surface area contributed by atoms with Crippen LogP contribution in [0.4, 0.5) is 4.39 Å². The Kier molecular flexibility index (Phi) is 6.42. The van der Waals surface area contributed by atoms with Crippen molar-refractivity contribution >= 4 is 0 Å². The summed E-state index contributed by atoms with van der Waals surface area (Å²) in [5.41, 5.74) is 2.31. The first-order chi connectivity index (χ1) is 12.2. The molecule has 1 aliphatic heterocycles. The van der Waals surface area contributed by atoms with Crippen molar-refractivity contribution in [3.63, 3.8) is 0 Å². The first kappa shape index (κ1) is 17.9. The molecule has 4 heteroatoms. The first-order valence-electron chi connectivity index (χ1n) is 9.07. The van der Waals surface area contributed by atoms with Crippen molar-refractivity contribution in [3.05, 3.63) is 65.5 Å². The molecule has 0 radical (unpaired) electrons. The lowest BCUT2D eigenvalue weighted by atomic mass is 10.0. The van der Waals surface area contributed by atoms with Gasteiger partial charge in [-0.15, -0.1) is 0 Å². The second-order valence-electron chi connectivity index (χ2n) is 6.48. The Bertz CT molecular complexity index is 636. The normalized spacial score (nSPS) is 18.2. The second kappa shape index (κ2) is 8.97. The van der Waals surface area contributed by atoms with E-state index in [0.717, 1.165) is 43.7 Å². The summed E-state index contributed by atoms with van der Waals surface area (Å²) >= 11 is 0. The molecule has 0 aromatic heterocycles. The van der Waals surface area contributed by atoms with Gasteiger partial charge in [0.15, 0.2) is 0 Å².